The van der Waals surface area contributed by atoms with Crippen LogP contribution in [0, 0.1) is 6.92 Å². The molecule has 21 heavy (non-hydrogen) atoms. The van der Waals surface area contributed by atoms with Crippen molar-refractivity contribution in [1.29, 1.82) is 0 Å². The van der Waals surface area contributed by atoms with Crippen LogP contribution in [-0.2, 0) is 11.3 Å². The highest BCUT2D eigenvalue weighted by molar-refractivity contribution is 5.69. The highest BCUT2D eigenvalue weighted by Gasteiger charge is 2.18. The molecule has 0 atom stereocenters. The van der Waals surface area contributed by atoms with E-state index in [0.717, 1.165) is 11.1 Å². The van der Waals surface area contributed by atoms with Crippen LogP contribution in [0.4, 0.5) is 0 Å². The van der Waals surface area contributed by atoms with E-state index in [1.54, 1.807) is 4.90 Å². The van der Waals surface area contributed by atoms with Gasteiger partial charge in [0.15, 0.2) is 0 Å². The van der Waals surface area contributed by atoms with Gasteiger partial charge < -0.3 is 9.63 Å². The zero-order valence-corrected chi connectivity index (χ0v) is 12.4. The number of hydrogen-bond acceptors (Lipinski definition) is 5. The van der Waals surface area contributed by atoms with E-state index in [4.69, 9.17) is 9.63 Å². The van der Waals surface area contributed by atoms with E-state index >= 15 is 0 Å². The SMILES string of the molecule is Cc1ccccc1-c1noc(CN(CC(=O)O)C(C)C)n1. The summed E-state index contributed by atoms with van der Waals surface area (Å²) >= 11 is 0. The van der Waals surface area contributed by atoms with E-state index in [9.17, 15) is 4.79 Å². The lowest BCUT2D eigenvalue weighted by atomic mass is 10.1. The summed E-state index contributed by atoms with van der Waals surface area (Å²) in [5.41, 5.74) is 1.98. The van der Waals surface area contributed by atoms with Gasteiger partial charge in [0.1, 0.15) is 0 Å². The molecule has 1 heterocycles. The molecule has 112 valence electrons. The third-order valence-electron chi connectivity index (χ3n) is 3.26. The molecule has 0 aliphatic carbocycles. The Hall–Kier alpha value is -2.21. The molecule has 1 aromatic heterocycles. The van der Waals surface area contributed by atoms with Crippen LogP contribution in [0.1, 0.15) is 25.3 Å². The van der Waals surface area contributed by atoms with E-state index in [1.807, 2.05) is 45.0 Å². The standard InChI is InChI=1S/C15H19N3O3/c1-10(2)18(9-14(19)20)8-13-16-15(17-21-13)12-7-5-4-6-11(12)3/h4-7,10H,8-9H2,1-3H3,(H,19,20). The number of nitrogens with zero attached hydrogens (tertiary/aromatic N) is 3. The summed E-state index contributed by atoms with van der Waals surface area (Å²) in [6.45, 7) is 6.11. The van der Waals surface area contributed by atoms with Crippen molar-refractivity contribution in [2.75, 3.05) is 6.54 Å². The van der Waals surface area contributed by atoms with Crippen LogP contribution in [0.25, 0.3) is 11.4 Å². The number of carboxylic acid groups (broad SMARTS) is 1. The molecule has 0 aliphatic heterocycles. The summed E-state index contributed by atoms with van der Waals surface area (Å²) < 4.78 is 5.24. The largest absolute Gasteiger partial charge is 0.480 e. The molecule has 0 saturated heterocycles. The lowest BCUT2D eigenvalue weighted by Gasteiger charge is -2.22. The van der Waals surface area contributed by atoms with Crippen molar-refractivity contribution >= 4 is 5.97 Å². The fraction of sp³-hybridized carbons (Fsp3) is 0.400. The fourth-order valence-corrected chi connectivity index (χ4v) is 2.02. The van der Waals surface area contributed by atoms with Gasteiger partial charge in [0.05, 0.1) is 13.1 Å². The number of aliphatic carboxylic acids is 1. The van der Waals surface area contributed by atoms with Gasteiger partial charge in [-0.1, -0.05) is 29.4 Å². The quantitative estimate of drug-likeness (QED) is 0.879. The van der Waals surface area contributed by atoms with E-state index in [2.05, 4.69) is 10.1 Å². The Kier molecular flexibility index (Phi) is 4.70. The molecule has 2 rings (SSSR count). The Morgan fingerprint density at radius 3 is 2.71 bits per heavy atom. The second-order valence-electron chi connectivity index (χ2n) is 5.22. The number of aromatic nitrogens is 2. The number of carbonyl (C=O) groups is 1. The number of hydrogen-bond donors (Lipinski definition) is 1. The monoisotopic (exact) mass is 289 g/mol. The molecule has 0 bridgehead atoms. The van der Waals surface area contributed by atoms with Crippen LogP contribution in [0.3, 0.4) is 0 Å². The maximum atomic E-state index is 10.9. The molecular formula is C15H19N3O3. The van der Waals surface area contributed by atoms with Crippen molar-refractivity contribution in [3.8, 4) is 11.4 Å². The molecule has 0 unspecified atom stereocenters. The number of carboxylic acids is 1. The smallest absolute Gasteiger partial charge is 0.317 e. The van der Waals surface area contributed by atoms with Gasteiger partial charge in [-0.2, -0.15) is 4.98 Å². The second-order valence-corrected chi connectivity index (χ2v) is 5.22. The summed E-state index contributed by atoms with van der Waals surface area (Å²) in [6, 6.07) is 7.86. The molecule has 0 aliphatic rings. The van der Waals surface area contributed by atoms with Gasteiger partial charge in [0.25, 0.3) is 0 Å². The predicted octanol–water partition coefficient (Wildman–Crippen LogP) is 2.34. The number of aryl methyl sites for hydroxylation is 1. The minimum Gasteiger partial charge on any atom is -0.480 e. The van der Waals surface area contributed by atoms with E-state index in [-0.39, 0.29) is 12.6 Å². The van der Waals surface area contributed by atoms with E-state index in [0.29, 0.717) is 18.3 Å². The summed E-state index contributed by atoms with van der Waals surface area (Å²) in [5, 5.41) is 12.9. The van der Waals surface area contributed by atoms with Gasteiger partial charge in [-0.15, -0.1) is 0 Å². The van der Waals surface area contributed by atoms with E-state index in [1.165, 1.54) is 0 Å². The van der Waals surface area contributed by atoms with Crippen LogP contribution < -0.4 is 0 Å². The lowest BCUT2D eigenvalue weighted by Crippen LogP contribution is -2.35. The van der Waals surface area contributed by atoms with Crippen LogP contribution in [-0.4, -0.2) is 38.7 Å². The van der Waals surface area contributed by atoms with Crippen molar-refractivity contribution in [3.63, 3.8) is 0 Å². The molecule has 6 heteroatoms. The van der Waals surface area contributed by atoms with Crippen LogP contribution in [0.2, 0.25) is 0 Å². The zero-order valence-electron chi connectivity index (χ0n) is 12.4. The maximum absolute atomic E-state index is 10.9. The lowest BCUT2D eigenvalue weighted by molar-refractivity contribution is -0.139. The van der Waals surface area contributed by atoms with E-state index < -0.39 is 5.97 Å². The Bertz CT molecular complexity index is 622. The first kappa shape index (κ1) is 15.2. The number of benzene rings is 1. The van der Waals surface area contributed by atoms with Gasteiger partial charge in [-0.25, -0.2) is 0 Å². The zero-order chi connectivity index (χ0) is 15.4. The molecule has 0 fully saturated rings. The summed E-state index contributed by atoms with van der Waals surface area (Å²) in [4.78, 5) is 17.0. The Labute approximate surface area is 123 Å². The number of rotatable bonds is 6. The average Bonchev–Trinajstić information content (AvgIpc) is 2.86. The highest BCUT2D eigenvalue weighted by atomic mass is 16.5. The third-order valence-corrected chi connectivity index (χ3v) is 3.26. The van der Waals surface area contributed by atoms with Crippen molar-refractivity contribution < 1.29 is 14.4 Å². The van der Waals surface area contributed by atoms with Gasteiger partial charge in [-0.05, 0) is 26.3 Å². The molecule has 0 spiro atoms. The Balaban J connectivity index is 2.16. The van der Waals surface area contributed by atoms with Crippen LogP contribution >= 0.6 is 0 Å². The first-order valence-corrected chi connectivity index (χ1v) is 6.82. The molecule has 0 saturated carbocycles. The molecule has 0 radical (unpaired) electrons. The third kappa shape index (κ3) is 3.88. The maximum Gasteiger partial charge on any atom is 0.317 e. The fourth-order valence-electron chi connectivity index (χ4n) is 2.02. The second kappa shape index (κ2) is 6.49. The van der Waals surface area contributed by atoms with Crippen LogP contribution in [0.15, 0.2) is 28.8 Å². The Morgan fingerprint density at radius 1 is 1.38 bits per heavy atom. The molecule has 1 aromatic carbocycles. The molecule has 2 aromatic rings. The minimum atomic E-state index is -0.873. The predicted molar refractivity (Wildman–Crippen MR) is 77.7 cm³/mol. The van der Waals surface area contributed by atoms with Crippen molar-refractivity contribution in [3.05, 3.63) is 35.7 Å². The van der Waals surface area contributed by atoms with Gasteiger partial charge >= 0.3 is 5.97 Å². The average molecular weight is 289 g/mol. The summed E-state index contributed by atoms with van der Waals surface area (Å²) in [7, 11) is 0. The highest BCUT2D eigenvalue weighted by Crippen LogP contribution is 2.20. The molecule has 6 nitrogen and oxygen atoms in total. The summed E-state index contributed by atoms with van der Waals surface area (Å²) in [6.07, 6.45) is 0. The minimum absolute atomic E-state index is 0.0558. The van der Waals surface area contributed by atoms with Gasteiger partial charge in [0.2, 0.25) is 11.7 Å². The molecule has 0 amide bonds. The van der Waals surface area contributed by atoms with Gasteiger partial charge in [0, 0.05) is 11.6 Å². The first-order chi connectivity index (χ1) is 9.97. The molecular weight excluding hydrogens is 270 g/mol. The van der Waals surface area contributed by atoms with Crippen molar-refractivity contribution in [2.24, 2.45) is 0 Å². The van der Waals surface area contributed by atoms with Crippen molar-refractivity contribution in [2.45, 2.75) is 33.4 Å². The molecule has 1 N–H and O–H groups in total. The Morgan fingerprint density at radius 2 is 2.10 bits per heavy atom. The topological polar surface area (TPSA) is 79.5 Å². The van der Waals surface area contributed by atoms with Crippen molar-refractivity contribution in [1.82, 2.24) is 15.0 Å². The van der Waals surface area contributed by atoms with Gasteiger partial charge in [-0.3, -0.25) is 9.69 Å². The normalized spacial score (nSPS) is 11.3. The first-order valence-electron chi connectivity index (χ1n) is 6.82. The van der Waals surface area contributed by atoms with Crippen LogP contribution in [0.5, 0.6) is 0 Å². The summed E-state index contributed by atoms with van der Waals surface area (Å²) in [5.74, 6) is 0.0766.